The van der Waals surface area contributed by atoms with Crippen molar-refractivity contribution >= 4 is 21.5 Å². The van der Waals surface area contributed by atoms with Gasteiger partial charge in [-0.05, 0) is 26.8 Å². The Labute approximate surface area is 125 Å². The molecule has 0 heterocycles. The number of fused-ring (bicyclic) bond motifs is 2. The highest BCUT2D eigenvalue weighted by atomic mass is 16.5. The van der Waals surface area contributed by atoms with Crippen LogP contribution in [-0.4, -0.2) is 13.2 Å². The van der Waals surface area contributed by atoms with E-state index in [2.05, 4.69) is 37.3 Å². The molecule has 0 atom stereocenters. The third kappa shape index (κ3) is 2.31. The van der Waals surface area contributed by atoms with E-state index in [1.807, 2.05) is 26.0 Å². The fourth-order valence-corrected chi connectivity index (χ4v) is 2.81. The molecule has 108 valence electrons. The van der Waals surface area contributed by atoms with Gasteiger partial charge in [0, 0.05) is 21.5 Å². The van der Waals surface area contributed by atoms with E-state index in [1.165, 1.54) is 5.56 Å². The van der Waals surface area contributed by atoms with E-state index in [1.54, 1.807) is 0 Å². The summed E-state index contributed by atoms with van der Waals surface area (Å²) in [6, 6.07) is 14.7. The molecule has 0 saturated carbocycles. The molecule has 3 aromatic rings. The highest BCUT2D eigenvalue weighted by Crippen LogP contribution is 2.42. The lowest BCUT2D eigenvalue weighted by molar-refractivity contribution is 0.342. The van der Waals surface area contributed by atoms with E-state index in [-0.39, 0.29) is 0 Å². The van der Waals surface area contributed by atoms with Gasteiger partial charge < -0.3 is 9.47 Å². The Balaban J connectivity index is 2.49. The summed E-state index contributed by atoms with van der Waals surface area (Å²) in [6.07, 6.45) is 0. The van der Waals surface area contributed by atoms with Gasteiger partial charge in [-0.3, -0.25) is 0 Å². The molecule has 0 spiro atoms. The molecule has 0 amide bonds. The highest BCUT2D eigenvalue weighted by Gasteiger charge is 2.15. The minimum atomic E-state index is 0.654. The van der Waals surface area contributed by atoms with Crippen molar-refractivity contribution in [2.45, 2.75) is 20.8 Å². The van der Waals surface area contributed by atoms with Crippen molar-refractivity contribution in [2.24, 2.45) is 0 Å². The summed E-state index contributed by atoms with van der Waals surface area (Å²) >= 11 is 0. The molecule has 2 nitrogen and oxygen atoms in total. The molecule has 3 rings (SSSR count). The Morgan fingerprint density at radius 3 is 1.81 bits per heavy atom. The van der Waals surface area contributed by atoms with Crippen molar-refractivity contribution in [2.75, 3.05) is 13.2 Å². The Bertz CT molecular complexity index is 790. The van der Waals surface area contributed by atoms with Gasteiger partial charge in [-0.25, -0.2) is 0 Å². The van der Waals surface area contributed by atoms with Crippen LogP contribution in [0, 0.1) is 6.92 Å². The predicted octanol–water partition coefficient (Wildman–Crippen LogP) is 5.10. The maximum absolute atomic E-state index is 5.96. The lowest BCUT2D eigenvalue weighted by atomic mass is 9.99. The lowest BCUT2D eigenvalue weighted by Crippen LogP contribution is -1.98. The van der Waals surface area contributed by atoms with Crippen molar-refractivity contribution in [3.63, 3.8) is 0 Å². The summed E-state index contributed by atoms with van der Waals surface area (Å²) in [7, 11) is 0. The molecule has 0 aliphatic rings. The van der Waals surface area contributed by atoms with Gasteiger partial charge in [0.05, 0.1) is 13.2 Å². The Morgan fingerprint density at radius 1 is 0.714 bits per heavy atom. The van der Waals surface area contributed by atoms with Gasteiger partial charge in [-0.1, -0.05) is 42.0 Å². The number of ether oxygens (including phenoxy) is 2. The van der Waals surface area contributed by atoms with Crippen LogP contribution in [0.15, 0.2) is 42.5 Å². The largest absolute Gasteiger partial charge is 0.493 e. The third-order valence-corrected chi connectivity index (χ3v) is 3.66. The highest BCUT2D eigenvalue weighted by molar-refractivity contribution is 6.11. The van der Waals surface area contributed by atoms with Gasteiger partial charge in [0.2, 0.25) is 0 Å². The van der Waals surface area contributed by atoms with E-state index in [4.69, 9.17) is 9.47 Å². The smallest absolute Gasteiger partial charge is 0.135 e. The van der Waals surface area contributed by atoms with Crippen LogP contribution in [0.3, 0.4) is 0 Å². The van der Waals surface area contributed by atoms with Gasteiger partial charge in [0.1, 0.15) is 11.5 Å². The van der Waals surface area contributed by atoms with Crippen molar-refractivity contribution < 1.29 is 9.47 Å². The van der Waals surface area contributed by atoms with Crippen LogP contribution < -0.4 is 9.47 Å². The molecule has 0 aromatic heterocycles. The van der Waals surface area contributed by atoms with Crippen molar-refractivity contribution in [1.29, 1.82) is 0 Å². The molecule has 2 heteroatoms. The summed E-state index contributed by atoms with van der Waals surface area (Å²) in [5, 5.41) is 4.46. The topological polar surface area (TPSA) is 18.5 Å². The molecule has 0 radical (unpaired) electrons. The fourth-order valence-electron chi connectivity index (χ4n) is 2.81. The van der Waals surface area contributed by atoms with Crippen LogP contribution in [0.25, 0.3) is 21.5 Å². The zero-order chi connectivity index (χ0) is 14.8. The quantitative estimate of drug-likeness (QED) is 0.619. The zero-order valence-electron chi connectivity index (χ0n) is 12.8. The molecule has 0 fully saturated rings. The average Bonchev–Trinajstić information content (AvgIpc) is 2.50. The second kappa shape index (κ2) is 5.65. The predicted molar refractivity (Wildman–Crippen MR) is 88.5 cm³/mol. The molecule has 0 N–H and O–H groups in total. The minimum Gasteiger partial charge on any atom is -0.493 e. The van der Waals surface area contributed by atoms with Crippen LogP contribution in [0.4, 0.5) is 0 Å². The minimum absolute atomic E-state index is 0.654. The van der Waals surface area contributed by atoms with E-state index in [0.29, 0.717) is 13.2 Å². The fraction of sp³-hybridized carbons (Fsp3) is 0.263. The first kappa shape index (κ1) is 13.7. The normalized spacial score (nSPS) is 11.0. The maximum atomic E-state index is 5.96. The monoisotopic (exact) mass is 280 g/mol. The van der Waals surface area contributed by atoms with E-state index >= 15 is 0 Å². The van der Waals surface area contributed by atoms with Gasteiger partial charge in [-0.2, -0.15) is 0 Å². The molecule has 0 unspecified atom stereocenters. The number of rotatable bonds is 4. The maximum Gasteiger partial charge on any atom is 0.135 e. The summed E-state index contributed by atoms with van der Waals surface area (Å²) in [6.45, 7) is 7.45. The number of benzene rings is 3. The summed E-state index contributed by atoms with van der Waals surface area (Å²) in [4.78, 5) is 0. The van der Waals surface area contributed by atoms with Crippen LogP contribution in [0.1, 0.15) is 19.4 Å². The average molecular weight is 280 g/mol. The molecular weight excluding hydrogens is 260 g/mol. The SMILES string of the molecule is CCOc1c2ccccc2c(OCC)c2cc(C)ccc12. The summed E-state index contributed by atoms with van der Waals surface area (Å²) in [5.41, 5.74) is 1.22. The summed E-state index contributed by atoms with van der Waals surface area (Å²) < 4.78 is 11.9. The summed E-state index contributed by atoms with van der Waals surface area (Å²) in [5.74, 6) is 1.90. The Kier molecular flexibility index (Phi) is 3.70. The number of hydrogen-bond acceptors (Lipinski definition) is 2. The first-order valence-corrected chi connectivity index (χ1v) is 7.47. The van der Waals surface area contributed by atoms with Gasteiger partial charge in [-0.15, -0.1) is 0 Å². The van der Waals surface area contributed by atoms with Crippen LogP contribution in [0.2, 0.25) is 0 Å². The first-order chi connectivity index (χ1) is 10.3. The van der Waals surface area contributed by atoms with Gasteiger partial charge >= 0.3 is 0 Å². The van der Waals surface area contributed by atoms with Gasteiger partial charge in [0.25, 0.3) is 0 Å². The molecule has 0 bridgehead atoms. The molecule has 21 heavy (non-hydrogen) atoms. The molecule has 0 saturated heterocycles. The zero-order valence-corrected chi connectivity index (χ0v) is 12.8. The van der Waals surface area contributed by atoms with Gasteiger partial charge in [0.15, 0.2) is 0 Å². The van der Waals surface area contributed by atoms with E-state index in [0.717, 1.165) is 33.0 Å². The second-order valence-electron chi connectivity index (χ2n) is 5.12. The van der Waals surface area contributed by atoms with Crippen molar-refractivity contribution in [3.8, 4) is 11.5 Å². The number of hydrogen-bond donors (Lipinski definition) is 0. The molecular formula is C19H20O2. The third-order valence-electron chi connectivity index (χ3n) is 3.66. The van der Waals surface area contributed by atoms with Crippen LogP contribution in [-0.2, 0) is 0 Å². The standard InChI is InChI=1S/C19H20O2/c1-4-20-18-14-8-6-7-9-15(14)19(21-5-2)17-12-13(3)10-11-16(17)18/h6-12H,4-5H2,1-3H3. The van der Waals surface area contributed by atoms with E-state index in [9.17, 15) is 0 Å². The lowest BCUT2D eigenvalue weighted by Gasteiger charge is -2.17. The van der Waals surface area contributed by atoms with Crippen molar-refractivity contribution in [1.82, 2.24) is 0 Å². The molecule has 0 aliphatic carbocycles. The second-order valence-corrected chi connectivity index (χ2v) is 5.12. The Hall–Kier alpha value is -2.22. The number of aryl methyl sites for hydroxylation is 1. The van der Waals surface area contributed by atoms with E-state index < -0.39 is 0 Å². The van der Waals surface area contributed by atoms with Crippen LogP contribution >= 0.6 is 0 Å². The molecule has 0 aliphatic heterocycles. The Morgan fingerprint density at radius 2 is 1.24 bits per heavy atom. The van der Waals surface area contributed by atoms with Crippen LogP contribution in [0.5, 0.6) is 11.5 Å². The van der Waals surface area contributed by atoms with Crippen molar-refractivity contribution in [3.05, 3.63) is 48.0 Å². The first-order valence-electron chi connectivity index (χ1n) is 7.47. The molecule has 3 aromatic carbocycles.